The topological polar surface area (TPSA) is 28.1 Å². The third kappa shape index (κ3) is 2.95. The van der Waals surface area contributed by atoms with Crippen LogP contribution in [0.2, 0.25) is 0 Å². The molecule has 5 rings (SSSR count). The Hall–Kier alpha value is -3.60. The Kier molecular flexibility index (Phi) is 3.91. The molecule has 0 atom stereocenters. The van der Waals surface area contributed by atoms with Gasteiger partial charge in [0.2, 0.25) is 0 Å². The average Bonchev–Trinajstić information content (AvgIpc) is 3.34. The van der Waals surface area contributed by atoms with Crippen molar-refractivity contribution in [1.82, 2.24) is 4.98 Å². The van der Waals surface area contributed by atoms with Crippen LogP contribution in [-0.4, -0.2) is 11.2 Å². The lowest BCUT2D eigenvalue weighted by atomic mass is 9.89. The van der Waals surface area contributed by atoms with E-state index in [1.165, 1.54) is 12.1 Å². The molecule has 0 spiro atoms. The SMILES string of the molecule is FC(F)(F)c1ccc(C(=C2C=Nc3ccccc32)c2c[nH]c3ccccc23)cc1. The van der Waals surface area contributed by atoms with Gasteiger partial charge in [0.15, 0.2) is 0 Å². The molecule has 0 saturated carbocycles. The summed E-state index contributed by atoms with van der Waals surface area (Å²) in [7, 11) is 0. The van der Waals surface area contributed by atoms with Crippen molar-refractivity contribution < 1.29 is 13.2 Å². The highest BCUT2D eigenvalue weighted by Gasteiger charge is 2.30. The molecule has 0 amide bonds. The van der Waals surface area contributed by atoms with Crippen molar-refractivity contribution in [3.63, 3.8) is 0 Å². The summed E-state index contributed by atoms with van der Waals surface area (Å²) in [5.41, 5.74) is 5.51. The number of allylic oxidation sites excluding steroid dienone is 1. The molecule has 0 aliphatic carbocycles. The highest BCUT2D eigenvalue weighted by molar-refractivity contribution is 6.27. The van der Waals surface area contributed by atoms with Gasteiger partial charge in [0, 0.05) is 45.6 Å². The highest BCUT2D eigenvalue weighted by atomic mass is 19.4. The number of nitrogens with one attached hydrogen (secondary N) is 1. The highest BCUT2D eigenvalue weighted by Crippen LogP contribution is 2.41. The fraction of sp³-hybridized carbons (Fsp3) is 0.0417. The van der Waals surface area contributed by atoms with Gasteiger partial charge in [-0.2, -0.15) is 13.2 Å². The number of hydrogen-bond donors (Lipinski definition) is 1. The molecule has 142 valence electrons. The Balaban J connectivity index is 1.78. The number of para-hydroxylation sites is 2. The molecule has 0 radical (unpaired) electrons. The second-order valence-electron chi connectivity index (χ2n) is 6.89. The quantitative estimate of drug-likeness (QED) is 0.388. The Bertz CT molecular complexity index is 1280. The predicted octanol–water partition coefficient (Wildman–Crippen LogP) is 6.86. The first kappa shape index (κ1) is 17.5. The standard InChI is InChI=1S/C24H15F3N2/c25-24(26,27)16-11-9-15(10-12-16)23(19-13-28-21-7-3-1-5-17(19)21)20-14-29-22-8-4-2-6-18(20)22/h1-14,28H. The van der Waals surface area contributed by atoms with E-state index in [2.05, 4.69) is 9.98 Å². The number of alkyl halides is 3. The van der Waals surface area contributed by atoms with Crippen molar-refractivity contribution in [2.24, 2.45) is 4.99 Å². The number of fused-ring (bicyclic) bond motifs is 2. The average molecular weight is 388 g/mol. The monoisotopic (exact) mass is 388 g/mol. The lowest BCUT2D eigenvalue weighted by Crippen LogP contribution is -2.04. The first-order valence-electron chi connectivity index (χ1n) is 9.14. The zero-order valence-corrected chi connectivity index (χ0v) is 15.2. The van der Waals surface area contributed by atoms with Crippen molar-refractivity contribution >= 4 is 34.0 Å². The van der Waals surface area contributed by atoms with Crippen LogP contribution in [0.1, 0.15) is 22.3 Å². The number of halogens is 3. The number of H-pyrrole nitrogens is 1. The van der Waals surface area contributed by atoms with Crippen LogP contribution in [0.5, 0.6) is 0 Å². The minimum Gasteiger partial charge on any atom is -0.361 e. The number of aromatic amines is 1. The van der Waals surface area contributed by atoms with Gasteiger partial charge in [0.25, 0.3) is 0 Å². The first-order valence-corrected chi connectivity index (χ1v) is 9.14. The van der Waals surface area contributed by atoms with Gasteiger partial charge in [0.05, 0.1) is 11.3 Å². The maximum atomic E-state index is 13.1. The second-order valence-corrected chi connectivity index (χ2v) is 6.89. The molecule has 3 aromatic carbocycles. The second kappa shape index (κ2) is 6.48. The van der Waals surface area contributed by atoms with Crippen molar-refractivity contribution in [3.05, 3.63) is 101 Å². The summed E-state index contributed by atoms with van der Waals surface area (Å²) in [5.74, 6) is 0. The van der Waals surface area contributed by atoms with E-state index >= 15 is 0 Å². The van der Waals surface area contributed by atoms with Crippen molar-refractivity contribution in [2.45, 2.75) is 6.18 Å². The maximum absolute atomic E-state index is 13.1. The number of rotatable bonds is 2. The molecular formula is C24H15F3N2. The van der Waals surface area contributed by atoms with E-state index in [1.54, 1.807) is 6.21 Å². The number of aliphatic imine (C=N–C) groups is 1. The van der Waals surface area contributed by atoms with E-state index in [-0.39, 0.29) is 0 Å². The summed E-state index contributed by atoms with van der Waals surface area (Å²) in [6.45, 7) is 0. The Morgan fingerprint density at radius 1 is 0.828 bits per heavy atom. The summed E-state index contributed by atoms with van der Waals surface area (Å²) in [6, 6.07) is 21.0. The summed E-state index contributed by atoms with van der Waals surface area (Å²) in [6.07, 6.45) is -0.674. The van der Waals surface area contributed by atoms with Crippen LogP contribution < -0.4 is 0 Å². The van der Waals surface area contributed by atoms with E-state index in [0.29, 0.717) is 5.56 Å². The van der Waals surface area contributed by atoms with Crippen LogP contribution in [0.3, 0.4) is 0 Å². The fourth-order valence-electron chi connectivity index (χ4n) is 3.78. The van der Waals surface area contributed by atoms with E-state index in [1.807, 2.05) is 54.7 Å². The van der Waals surface area contributed by atoms with Crippen molar-refractivity contribution in [1.29, 1.82) is 0 Å². The molecule has 0 unspecified atom stereocenters. The lowest BCUT2D eigenvalue weighted by Gasteiger charge is -2.13. The molecule has 5 heteroatoms. The van der Waals surface area contributed by atoms with Gasteiger partial charge in [-0.15, -0.1) is 0 Å². The van der Waals surface area contributed by atoms with Gasteiger partial charge in [-0.05, 0) is 29.8 Å². The molecule has 0 saturated heterocycles. The molecule has 2 nitrogen and oxygen atoms in total. The Labute approximate surface area is 165 Å². The summed E-state index contributed by atoms with van der Waals surface area (Å²) in [4.78, 5) is 7.76. The van der Waals surface area contributed by atoms with Crippen molar-refractivity contribution in [2.75, 3.05) is 0 Å². The van der Waals surface area contributed by atoms with E-state index in [0.717, 1.165) is 51.0 Å². The minimum absolute atomic E-state index is 0.662. The van der Waals surface area contributed by atoms with Crippen LogP contribution >= 0.6 is 0 Å². The molecule has 1 aliphatic rings. The van der Waals surface area contributed by atoms with E-state index in [4.69, 9.17) is 0 Å². The van der Waals surface area contributed by atoms with Crippen LogP contribution in [0.25, 0.3) is 22.0 Å². The molecule has 2 heterocycles. The van der Waals surface area contributed by atoms with Gasteiger partial charge >= 0.3 is 6.18 Å². The number of nitrogens with zero attached hydrogens (tertiary/aromatic N) is 1. The summed E-state index contributed by atoms with van der Waals surface area (Å²) in [5, 5.41) is 1.01. The lowest BCUT2D eigenvalue weighted by molar-refractivity contribution is -0.137. The van der Waals surface area contributed by atoms with Crippen molar-refractivity contribution in [3.8, 4) is 0 Å². The largest absolute Gasteiger partial charge is 0.416 e. The van der Waals surface area contributed by atoms with Gasteiger partial charge in [-0.1, -0.05) is 48.5 Å². The predicted molar refractivity (Wildman–Crippen MR) is 110 cm³/mol. The van der Waals surface area contributed by atoms with Crippen LogP contribution in [0.4, 0.5) is 18.9 Å². The van der Waals surface area contributed by atoms with Crippen LogP contribution in [-0.2, 0) is 6.18 Å². The third-order valence-corrected chi connectivity index (χ3v) is 5.16. The first-order chi connectivity index (χ1) is 14.0. The van der Waals surface area contributed by atoms with Crippen LogP contribution in [0.15, 0.2) is 84.0 Å². The normalized spacial score (nSPS) is 15.0. The smallest absolute Gasteiger partial charge is 0.361 e. The van der Waals surface area contributed by atoms with Gasteiger partial charge < -0.3 is 4.98 Å². The molecule has 0 bridgehead atoms. The zero-order chi connectivity index (χ0) is 20.0. The molecule has 1 aliphatic heterocycles. The molecule has 0 fully saturated rings. The molecular weight excluding hydrogens is 373 g/mol. The Morgan fingerprint density at radius 3 is 2.34 bits per heavy atom. The minimum atomic E-state index is -4.37. The third-order valence-electron chi connectivity index (χ3n) is 5.16. The molecule has 1 N–H and O–H groups in total. The van der Waals surface area contributed by atoms with E-state index < -0.39 is 11.7 Å². The van der Waals surface area contributed by atoms with Gasteiger partial charge in [-0.25, -0.2) is 0 Å². The Morgan fingerprint density at radius 2 is 1.55 bits per heavy atom. The van der Waals surface area contributed by atoms with Gasteiger partial charge in [-0.3, -0.25) is 4.99 Å². The fourth-order valence-corrected chi connectivity index (χ4v) is 3.78. The summed E-state index contributed by atoms with van der Waals surface area (Å²) >= 11 is 0. The molecule has 4 aromatic rings. The summed E-state index contributed by atoms with van der Waals surface area (Å²) < 4.78 is 39.2. The molecule has 29 heavy (non-hydrogen) atoms. The van der Waals surface area contributed by atoms with Gasteiger partial charge in [0.1, 0.15) is 0 Å². The number of hydrogen-bond acceptors (Lipinski definition) is 1. The number of benzene rings is 3. The number of aromatic nitrogens is 1. The van der Waals surface area contributed by atoms with Crippen LogP contribution in [0, 0.1) is 0 Å². The maximum Gasteiger partial charge on any atom is 0.416 e. The van der Waals surface area contributed by atoms with E-state index in [9.17, 15) is 13.2 Å². The zero-order valence-electron chi connectivity index (χ0n) is 15.2. The molecule has 1 aromatic heterocycles.